The van der Waals surface area contributed by atoms with Crippen molar-refractivity contribution in [2.45, 2.75) is 10.9 Å². The Balaban J connectivity index is 1.76. The van der Waals surface area contributed by atoms with Crippen LogP contribution in [0.4, 0.5) is 5.69 Å². The lowest BCUT2D eigenvalue weighted by Gasteiger charge is -2.19. The van der Waals surface area contributed by atoms with E-state index in [-0.39, 0.29) is 6.04 Å². The van der Waals surface area contributed by atoms with E-state index >= 15 is 0 Å². The lowest BCUT2D eigenvalue weighted by molar-refractivity contribution is 0.426. The molecule has 102 valence electrons. The van der Waals surface area contributed by atoms with Crippen LogP contribution in [0.3, 0.4) is 0 Å². The Morgan fingerprint density at radius 2 is 1.65 bits per heavy atom. The molecule has 0 bridgehead atoms. The quantitative estimate of drug-likeness (QED) is 0.807. The molecule has 1 fully saturated rings. The van der Waals surface area contributed by atoms with E-state index in [1.165, 1.54) is 0 Å². The molecule has 2 aromatic carbocycles. The fourth-order valence-electron chi connectivity index (χ4n) is 3.06. The zero-order valence-corrected chi connectivity index (χ0v) is 11.6. The van der Waals surface area contributed by atoms with E-state index in [9.17, 15) is 8.42 Å². The molecular formula is C15H14N2O2S. The largest absolute Gasteiger partial charge is 0.356 e. The fourth-order valence-corrected chi connectivity index (χ4v) is 4.88. The summed E-state index contributed by atoms with van der Waals surface area (Å²) in [5, 5.41) is 0. The summed E-state index contributed by atoms with van der Waals surface area (Å²) in [7, 11) is -3.33. The molecule has 0 N–H and O–H groups in total. The molecule has 2 heterocycles. The Morgan fingerprint density at radius 1 is 0.950 bits per heavy atom. The van der Waals surface area contributed by atoms with Gasteiger partial charge < -0.3 is 4.90 Å². The highest BCUT2D eigenvalue weighted by Gasteiger charge is 2.47. The minimum Gasteiger partial charge on any atom is -0.356 e. The second-order valence-corrected chi connectivity index (χ2v) is 7.00. The predicted molar refractivity (Wildman–Crippen MR) is 76.9 cm³/mol. The van der Waals surface area contributed by atoms with Gasteiger partial charge in [0.1, 0.15) is 0 Å². The van der Waals surface area contributed by atoms with E-state index in [4.69, 9.17) is 0 Å². The topological polar surface area (TPSA) is 40.6 Å². The van der Waals surface area contributed by atoms with Gasteiger partial charge in [-0.3, -0.25) is 0 Å². The SMILES string of the molecule is O=S1(=O)c2ccccc2[C@@H]2CN(c3ccccc3)CN21. The van der Waals surface area contributed by atoms with E-state index in [0.29, 0.717) is 18.1 Å². The average molecular weight is 286 g/mol. The molecule has 2 aliphatic rings. The highest BCUT2D eigenvalue weighted by atomic mass is 32.2. The Labute approximate surface area is 118 Å². The summed E-state index contributed by atoms with van der Waals surface area (Å²) >= 11 is 0. The van der Waals surface area contributed by atoms with Crippen LogP contribution in [0, 0.1) is 0 Å². The molecule has 1 saturated heterocycles. The molecule has 5 heteroatoms. The van der Waals surface area contributed by atoms with Crippen molar-refractivity contribution in [1.29, 1.82) is 0 Å². The van der Waals surface area contributed by atoms with Crippen molar-refractivity contribution in [3.8, 4) is 0 Å². The van der Waals surface area contributed by atoms with Gasteiger partial charge in [0.15, 0.2) is 0 Å². The molecule has 0 saturated carbocycles. The second-order valence-electron chi connectivity index (χ2n) is 5.15. The van der Waals surface area contributed by atoms with Crippen LogP contribution in [-0.4, -0.2) is 25.9 Å². The Hall–Kier alpha value is -1.85. The summed E-state index contributed by atoms with van der Waals surface area (Å²) in [5.74, 6) is 0. The van der Waals surface area contributed by atoms with Crippen LogP contribution in [0.25, 0.3) is 0 Å². The molecule has 0 aromatic heterocycles. The third-order valence-electron chi connectivity index (χ3n) is 4.04. The van der Waals surface area contributed by atoms with Gasteiger partial charge in [-0.2, -0.15) is 4.31 Å². The average Bonchev–Trinajstić information content (AvgIpc) is 3.01. The van der Waals surface area contributed by atoms with Crippen molar-refractivity contribution in [3.63, 3.8) is 0 Å². The van der Waals surface area contributed by atoms with Crippen LogP contribution in [0.1, 0.15) is 11.6 Å². The van der Waals surface area contributed by atoms with Crippen LogP contribution in [0.15, 0.2) is 59.5 Å². The highest BCUT2D eigenvalue weighted by Crippen LogP contribution is 2.43. The number of rotatable bonds is 1. The lowest BCUT2D eigenvalue weighted by atomic mass is 10.1. The molecule has 1 atom stereocenters. The molecule has 2 aliphatic heterocycles. The van der Waals surface area contributed by atoms with Crippen molar-refractivity contribution < 1.29 is 8.42 Å². The summed E-state index contributed by atoms with van der Waals surface area (Å²) in [6.45, 7) is 1.13. The molecular weight excluding hydrogens is 272 g/mol. The number of hydrogen-bond donors (Lipinski definition) is 0. The van der Waals surface area contributed by atoms with Gasteiger partial charge in [-0.05, 0) is 23.8 Å². The number of benzene rings is 2. The van der Waals surface area contributed by atoms with Crippen molar-refractivity contribution in [2.75, 3.05) is 18.1 Å². The first-order valence-electron chi connectivity index (χ1n) is 6.59. The van der Waals surface area contributed by atoms with Gasteiger partial charge in [-0.25, -0.2) is 8.42 Å². The Kier molecular flexibility index (Phi) is 2.43. The van der Waals surface area contributed by atoms with Gasteiger partial charge in [0.2, 0.25) is 10.0 Å². The van der Waals surface area contributed by atoms with Crippen LogP contribution >= 0.6 is 0 Å². The van der Waals surface area contributed by atoms with Crippen LogP contribution in [0.5, 0.6) is 0 Å². The first-order valence-corrected chi connectivity index (χ1v) is 8.03. The molecule has 20 heavy (non-hydrogen) atoms. The third-order valence-corrected chi connectivity index (χ3v) is 5.95. The third kappa shape index (κ3) is 1.53. The van der Waals surface area contributed by atoms with E-state index < -0.39 is 10.0 Å². The summed E-state index contributed by atoms with van der Waals surface area (Å²) in [5.41, 5.74) is 1.99. The normalized spacial score (nSPS) is 23.6. The maximum atomic E-state index is 12.5. The van der Waals surface area contributed by atoms with Crippen molar-refractivity contribution >= 4 is 15.7 Å². The van der Waals surface area contributed by atoms with Gasteiger partial charge in [-0.15, -0.1) is 0 Å². The second kappa shape index (κ2) is 4.07. The summed E-state index contributed by atoms with van der Waals surface area (Å²) in [6, 6.07) is 17.2. The van der Waals surface area contributed by atoms with Crippen LogP contribution in [0.2, 0.25) is 0 Å². The minimum atomic E-state index is -3.33. The smallest absolute Gasteiger partial charge is 0.245 e. The maximum absolute atomic E-state index is 12.5. The van der Waals surface area contributed by atoms with Crippen molar-refractivity contribution in [3.05, 3.63) is 60.2 Å². The summed E-state index contributed by atoms with van der Waals surface area (Å²) < 4.78 is 26.7. The monoisotopic (exact) mass is 286 g/mol. The number of para-hydroxylation sites is 1. The van der Waals surface area contributed by atoms with Gasteiger partial charge in [0.25, 0.3) is 0 Å². The summed E-state index contributed by atoms with van der Waals surface area (Å²) in [6.07, 6.45) is 0. The van der Waals surface area contributed by atoms with E-state index in [1.54, 1.807) is 16.4 Å². The molecule has 4 rings (SSSR count). The number of hydrogen-bond acceptors (Lipinski definition) is 3. The molecule has 0 aliphatic carbocycles. The fraction of sp³-hybridized carbons (Fsp3) is 0.200. The molecule has 0 radical (unpaired) electrons. The van der Waals surface area contributed by atoms with Gasteiger partial charge >= 0.3 is 0 Å². The molecule has 0 unspecified atom stereocenters. The number of nitrogens with zero attached hydrogens (tertiary/aromatic N) is 2. The maximum Gasteiger partial charge on any atom is 0.245 e. The lowest BCUT2D eigenvalue weighted by Crippen LogP contribution is -2.28. The first-order chi connectivity index (χ1) is 9.68. The van der Waals surface area contributed by atoms with E-state index in [1.807, 2.05) is 42.5 Å². The van der Waals surface area contributed by atoms with Gasteiger partial charge in [0.05, 0.1) is 17.6 Å². The van der Waals surface area contributed by atoms with Gasteiger partial charge in [-0.1, -0.05) is 36.4 Å². The Morgan fingerprint density at radius 3 is 2.45 bits per heavy atom. The minimum absolute atomic E-state index is 0.0589. The van der Waals surface area contributed by atoms with E-state index in [2.05, 4.69) is 4.90 Å². The Bertz CT molecular complexity index is 758. The van der Waals surface area contributed by atoms with Crippen molar-refractivity contribution in [1.82, 2.24) is 4.31 Å². The molecule has 0 amide bonds. The molecule has 4 nitrogen and oxygen atoms in total. The zero-order valence-electron chi connectivity index (χ0n) is 10.8. The highest BCUT2D eigenvalue weighted by molar-refractivity contribution is 7.89. The molecule has 0 spiro atoms. The zero-order chi connectivity index (χ0) is 13.7. The van der Waals surface area contributed by atoms with E-state index in [0.717, 1.165) is 11.3 Å². The number of sulfonamides is 1. The molecule has 2 aromatic rings. The number of fused-ring (bicyclic) bond motifs is 3. The van der Waals surface area contributed by atoms with Crippen molar-refractivity contribution in [2.24, 2.45) is 0 Å². The van der Waals surface area contributed by atoms with Crippen LogP contribution < -0.4 is 4.90 Å². The standard InChI is InChI=1S/C15H14N2O2S/c18-20(19)15-9-5-4-8-13(15)14-10-16(11-17(14)20)12-6-2-1-3-7-12/h1-9,14H,10-11H2/t14-/m0/s1. The van der Waals surface area contributed by atoms with Gasteiger partial charge in [0, 0.05) is 12.2 Å². The first kappa shape index (κ1) is 11.9. The predicted octanol–water partition coefficient (Wildman–Crippen LogP) is 2.21. The number of anilines is 1. The van der Waals surface area contributed by atoms with Crippen LogP contribution in [-0.2, 0) is 10.0 Å². The summed E-state index contributed by atoms with van der Waals surface area (Å²) in [4.78, 5) is 2.58.